The van der Waals surface area contributed by atoms with Crippen LogP contribution in [0.25, 0.3) is 0 Å². The minimum absolute atomic E-state index is 0.353. The van der Waals surface area contributed by atoms with Gasteiger partial charge in [-0.15, -0.1) is 0 Å². The van der Waals surface area contributed by atoms with E-state index in [9.17, 15) is 0 Å². The largest absolute Gasteiger partial charge is 0.271 e. The van der Waals surface area contributed by atoms with Crippen molar-refractivity contribution in [2.45, 2.75) is 31.7 Å². The predicted molar refractivity (Wildman–Crippen MR) is 68.6 cm³/mol. The molecule has 1 fully saturated rings. The van der Waals surface area contributed by atoms with E-state index in [-0.39, 0.29) is 0 Å². The van der Waals surface area contributed by atoms with Crippen molar-refractivity contribution in [1.29, 1.82) is 0 Å². The zero-order valence-electron chi connectivity index (χ0n) is 9.05. The Kier molecular flexibility index (Phi) is 4.09. The van der Waals surface area contributed by atoms with Crippen LogP contribution >= 0.6 is 23.2 Å². The van der Waals surface area contributed by atoms with Gasteiger partial charge in [0.1, 0.15) is 0 Å². The van der Waals surface area contributed by atoms with E-state index in [2.05, 4.69) is 5.43 Å². The molecule has 2 nitrogen and oxygen atoms in total. The van der Waals surface area contributed by atoms with Gasteiger partial charge < -0.3 is 0 Å². The number of nitrogens with two attached hydrogens (primary N) is 1. The Hall–Kier alpha value is -0.280. The van der Waals surface area contributed by atoms with Gasteiger partial charge in [0.2, 0.25) is 0 Å². The topological polar surface area (TPSA) is 38.0 Å². The summed E-state index contributed by atoms with van der Waals surface area (Å²) in [6.45, 7) is 0. The van der Waals surface area contributed by atoms with Gasteiger partial charge in [0, 0.05) is 6.04 Å². The van der Waals surface area contributed by atoms with Crippen LogP contribution in [0.5, 0.6) is 0 Å². The first-order valence-electron chi connectivity index (χ1n) is 5.60. The smallest absolute Gasteiger partial charge is 0.0595 e. The lowest BCUT2D eigenvalue weighted by atomic mass is 9.78. The molecule has 0 radical (unpaired) electrons. The Morgan fingerprint density at radius 3 is 2.56 bits per heavy atom. The lowest BCUT2D eigenvalue weighted by molar-refractivity contribution is 0.228. The van der Waals surface area contributed by atoms with Gasteiger partial charge >= 0.3 is 0 Å². The Morgan fingerprint density at radius 1 is 1.31 bits per heavy atom. The molecular weight excluding hydrogens is 243 g/mol. The van der Waals surface area contributed by atoms with Gasteiger partial charge in [0.15, 0.2) is 0 Å². The minimum atomic E-state index is 0.353. The molecule has 0 aromatic heterocycles. The summed E-state index contributed by atoms with van der Waals surface area (Å²) in [6.07, 6.45) is 4.79. The molecule has 16 heavy (non-hydrogen) atoms. The number of hydrogen-bond donors (Lipinski definition) is 2. The molecule has 0 amide bonds. The second-order valence-electron chi connectivity index (χ2n) is 4.42. The third kappa shape index (κ3) is 2.69. The highest BCUT2D eigenvalue weighted by Gasteiger charge is 2.26. The highest BCUT2D eigenvalue weighted by molar-refractivity contribution is 6.42. The fraction of sp³-hybridized carbons (Fsp3) is 0.500. The van der Waals surface area contributed by atoms with E-state index in [1.807, 2.05) is 18.2 Å². The van der Waals surface area contributed by atoms with E-state index in [0.717, 1.165) is 6.42 Å². The molecule has 1 saturated carbocycles. The van der Waals surface area contributed by atoms with Crippen LogP contribution in [0.3, 0.4) is 0 Å². The predicted octanol–water partition coefficient (Wildman–Crippen LogP) is 3.17. The molecule has 1 aliphatic rings. The summed E-state index contributed by atoms with van der Waals surface area (Å²) >= 11 is 11.9. The van der Waals surface area contributed by atoms with Gasteiger partial charge in [-0.2, -0.15) is 0 Å². The number of nitrogens with one attached hydrogen (secondary N) is 1. The van der Waals surface area contributed by atoms with Gasteiger partial charge in [-0.3, -0.25) is 11.3 Å². The average molecular weight is 259 g/mol. The lowest BCUT2D eigenvalue weighted by Crippen LogP contribution is -2.44. The van der Waals surface area contributed by atoms with Crippen LogP contribution in [0, 0.1) is 5.92 Å². The fourth-order valence-electron chi connectivity index (χ4n) is 2.12. The summed E-state index contributed by atoms with van der Waals surface area (Å²) in [5.74, 6) is 6.30. The highest BCUT2D eigenvalue weighted by atomic mass is 35.5. The summed E-state index contributed by atoms with van der Waals surface area (Å²) in [6, 6.07) is 6.13. The molecule has 0 bridgehead atoms. The normalized spacial score (nSPS) is 18.2. The summed E-state index contributed by atoms with van der Waals surface area (Å²) in [4.78, 5) is 0. The molecule has 0 saturated heterocycles. The summed E-state index contributed by atoms with van der Waals surface area (Å²) in [5.41, 5.74) is 4.09. The Morgan fingerprint density at radius 2 is 2.06 bits per heavy atom. The summed E-state index contributed by atoms with van der Waals surface area (Å²) < 4.78 is 0. The number of hydrazine groups is 1. The van der Waals surface area contributed by atoms with Crippen molar-refractivity contribution >= 4 is 23.2 Å². The maximum atomic E-state index is 5.98. The average Bonchev–Trinajstić information content (AvgIpc) is 2.20. The van der Waals surface area contributed by atoms with Crippen LogP contribution in [0.1, 0.15) is 24.8 Å². The van der Waals surface area contributed by atoms with Gasteiger partial charge in [-0.1, -0.05) is 35.7 Å². The fourth-order valence-corrected chi connectivity index (χ4v) is 2.45. The van der Waals surface area contributed by atoms with E-state index in [1.165, 1.54) is 24.8 Å². The molecule has 1 atom stereocenters. The maximum Gasteiger partial charge on any atom is 0.0595 e. The lowest BCUT2D eigenvalue weighted by Gasteiger charge is -2.33. The van der Waals surface area contributed by atoms with E-state index in [1.54, 1.807) is 0 Å². The van der Waals surface area contributed by atoms with E-state index < -0.39 is 0 Å². The molecule has 0 heterocycles. The maximum absolute atomic E-state index is 5.98. The zero-order valence-corrected chi connectivity index (χ0v) is 10.6. The first kappa shape index (κ1) is 12.2. The Bertz CT molecular complexity index is 364. The van der Waals surface area contributed by atoms with Crippen LogP contribution in [0.15, 0.2) is 18.2 Å². The van der Waals surface area contributed by atoms with Crippen LogP contribution in [-0.2, 0) is 6.42 Å². The van der Waals surface area contributed by atoms with Crippen molar-refractivity contribution in [2.75, 3.05) is 0 Å². The standard InChI is InChI=1S/C12H16Cl2N2/c13-10-5-4-8(6-11(10)14)7-12(16-15)9-2-1-3-9/h4-6,9,12,16H,1-3,7,15H2. The van der Waals surface area contributed by atoms with Crippen molar-refractivity contribution < 1.29 is 0 Å². The van der Waals surface area contributed by atoms with Gasteiger partial charge in [-0.25, -0.2) is 0 Å². The van der Waals surface area contributed by atoms with Crippen LogP contribution < -0.4 is 11.3 Å². The van der Waals surface area contributed by atoms with Crippen molar-refractivity contribution in [3.8, 4) is 0 Å². The summed E-state index contributed by atoms with van der Waals surface area (Å²) in [7, 11) is 0. The quantitative estimate of drug-likeness (QED) is 0.643. The molecule has 0 aliphatic heterocycles. The second kappa shape index (κ2) is 5.37. The van der Waals surface area contributed by atoms with Crippen molar-refractivity contribution in [3.63, 3.8) is 0 Å². The number of rotatable bonds is 4. The van der Waals surface area contributed by atoms with Gasteiger partial charge in [-0.05, 0) is 42.9 Å². The van der Waals surface area contributed by atoms with Crippen molar-refractivity contribution in [2.24, 2.45) is 11.8 Å². The molecule has 1 aliphatic carbocycles. The first-order valence-corrected chi connectivity index (χ1v) is 6.36. The van der Waals surface area contributed by atoms with E-state index >= 15 is 0 Å². The van der Waals surface area contributed by atoms with Crippen LogP contribution in [0.4, 0.5) is 0 Å². The monoisotopic (exact) mass is 258 g/mol. The van der Waals surface area contributed by atoms with Crippen LogP contribution in [0.2, 0.25) is 10.0 Å². The SMILES string of the molecule is NNC(Cc1ccc(Cl)c(Cl)c1)C1CCC1. The van der Waals surface area contributed by atoms with Crippen molar-refractivity contribution in [3.05, 3.63) is 33.8 Å². The number of hydrogen-bond acceptors (Lipinski definition) is 2. The van der Waals surface area contributed by atoms with Gasteiger partial charge in [0.25, 0.3) is 0 Å². The minimum Gasteiger partial charge on any atom is -0.271 e. The van der Waals surface area contributed by atoms with Crippen LogP contribution in [-0.4, -0.2) is 6.04 Å². The van der Waals surface area contributed by atoms with E-state index in [4.69, 9.17) is 29.0 Å². The molecule has 88 valence electrons. The Labute approximate surface area is 106 Å². The van der Waals surface area contributed by atoms with E-state index in [0.29, 0.717) is 22.0 Å². The molecule has 2 rings (SSSR count). The molecular formula is C12H16Cl2N2. The molecule has 1 aromatic rings. The second-order valence-corrected chi connectivity index (χ2v) is 5.23. The summed E-state index contributed by atoms with van der Waals surface area (Å²) in [5, 5.41) is 1.22. The zero-order chi connectivity index (χ0) is 11.5. The third-order valence-corrected chi connectivity index (χ3v) is 4.11. The molecule has 0 spiro atoms. The highest BCUT2D eigenvalue weighted by Crippen LogP contribution is 2.31. The number of benzene rings is 1. The van der Waals surface area contributed by atoms with Crippen molar-refractivity contribution in [1.82, 2.24) is 5.43 Å². The molecule has 1 aromatic carbocycles. The molecule has 4 heteroatoms. The Balaban J connectivity index is 2.03. The number of halogens is 2. The molecule has 1 unspecified atom stereocenters. The first-order chi connectivity index (χ1) is 7.70. The molecule has 3 N–H and O–H groups in total. The van der Waals surface area contributed by atoms with Gasteiger partial charge in [0.05, 0.1) is 10.0 Å². The third-order valence-electron chi connectivity index (χ3n) is 3.37.